The number of hydrogen-bond acceptors (Lipinski definition) is 10. The van der Waals surface area contributed by atoms with Gasteiger partial charge in [-0.25, -0.2) is 38.2 Å². The van der Waals surface area contributed by atoms with Gasteiger partial charge in [-0.2, -0.15) is 10.2 Å². The highest BCUT2D eigenvalue weighted by Gasteiger charge is 2.54. The summed E-state index contributed by atoms with van der Waals surface area (Å²) in [5.41, 5.74) is 20.3. The number of nitrogens with zero attached hydrogens (tertiary/aromatic N) is 2. The van der Waals surface area contributed by atoms with E-state index in [1.807, 2.05) is 0 Å². The molecule has 0 aliphatic heterocycles. The summed E-state index contributed by atoms with van der Waals surface area (Å²) in [7, 11) is -9.22. The molecule has 0 spiro atoms. The quantitative estimate of drug-likeness (QED) is 0.106. The van der Waals surface area contributed by atoms with Crippen LogP contribution >= 0.6 is 46.4 Å². The first kappa shape index (κ1) is 33.3. The molecule has 6 rings (SSSR count). The largest absolute Gasteiger partial charge is 0.397 e. The van der Waals surface area contributed by atoms with Crippen LogP contribution in [-0.2, 0) is 29.5 Å². The highest BCUT2D eigenvalue weighted by atomic mass is 35.5. The summed E-state index contributed by atoms with van der Waals surface area (Å²) in [5.74, 6) is 0. The average molecular weight is 793 g/mol. The van der Waals surface area contributed by atoms with Gasteiger partial charge in [-0.05, 0) is 46.5 Å². The molecule has 12 nitrogen and oxygen atoms in total. The number of primary sulfonamides is 2. The molecular formula is C32H26Cl4N8O4S2. The maximum Gasteiger partial charge on any atom is 0.223 e. The van der Waals surface area contributed by atoms with Crippen molar-refractivity contribution in [1.82, 2.24) is 0 Å². The topological polar surface area (TPSA) is 245 Å². The lowest BCUT2D eigenvalue weighted by Crippen LogP contribution is -2.45. The van der Waals surface area contributed by atoms with Gasteiger partial charge in [-0.1, -0.05) is 94.9 Å². The van der Waals surface area contributed by atoms with Crippen molar-refractivity contribution in [3.05, 3.63) is 138 Å². The van der Waals surface area contributed by atoms with Gasteiger partial charge in [0.2, 0.25) is 22.9 Å². The normalized spacial score (nSPS) is 21.7. The summed E-state index contributed by atoms with van der Waals surface area (Å²) >= 11 is 27.7. The van der Waals surface area contributed by atoms with Gasteiger partial charge in [0.25, 0.3) is 0 Å². The molecule has 0 radical (unpaired) electrons. The SMILES string of the molecule is [H]/N=N/C1=C(N)c2ccccc2C(c2c(Cl)cc(-c3cc(Cl)c(C4(S(N)(=O)=O)CC(/N=N/[H])=C(N)c5ccccc54)c(Cl)c3)cc2Cl)(S(N)(=O)=O)C1. The molecule has 4 aromatic carbocycles. The van der Waals surface area contributed by atoms with E-state index in [-0.39, 0.29) is 76.3 Å². The lowest BCUT2D eigenvalue weighted by atomic mass is 9.78. The van der Waals surface area contributed by atoms with Crippen LogP contribution in [0.15, 0.2) is 94.4 Å². The van der Waals surface area contributed by atoms with Crippen molar-refractivity contribution in [2.24, 2.45) is 32.0 Å². The number of hydrogen-bond donors (Lipinski definition) is 6. The predicted molar refractivity (Wildman–Crippen MR) is 194 cm³/mol. The van der Waals surface area contributed by atoms with Crippen LogP contribution < -0.4 is 21.7 Å². The molecule has 0 amide bonds. The molecule has 2 atom stereocenters. The Kier molecular flexibility index (Phi) is 8.27. The van der Waals surface area contributed by atoms with E-state index in [2.05, 4.69) is 21.3 Å². The molecule has 50 heavy (non-hydrogen) atoms. The van der Waals surface area contributed by atoms with Gasteiger partial charge in [-0.3, -0.25) is 0 Å². The van der Waals surface area contributed by atoms with Gasteiger partial charge in [-0.15, -0.1) is 0 Å². The summed E-state index contributed by atoms with van der Waals surface area (Å²) < 4.78 is 65.2. The lowest BCUT2D eigenvalue weighted by Gasteiger charge is -2.39. The van der Waals surface area contributed by atoms with Gasteiger partial charge in [0.1, 0.15) is 9.49 Å². The van der Waals surface area contributed by atoms with Crippen molar-refractivity contribution in [1.29, 1.82) is 11.0 Å². The van der Waals surface area contributed by atoms with Crippen LogP contribution in [0.4, 0.5) is 0 Å². The number of fused-ring (bicyclic) bond motifs is 2. The van der Waals surface area contributed by atoms with Crippen LogP contribution in [0.5, 0.6) is 0 Å². The number of nitrogens with one attached hydrogen (secondary N) is 2. The monoisotopic (exact) mass is 790 g/mol. The van der Waals surface area contributed by atoms with Crippen molar-refractivity contribution in [3.63, 3.8) is 0 Å². The second-order valence-electron chi connectivity index (χ2n) is 11.7. The van der Waals surface area contributed by atoms with Gasteiger partial charge >= 0.3 is 0 Å². The van der Waals surface area contributed by atoms with Gasteiger partial charge in [0.15, 0.2) is 0 Å². The molecule has 2 aliphatic carbocycles. The Hall–Kier alpha value is -3.86. The standard InChI is InChI=1S/C32H26Cl4N8O4S2/c33-21-9-15(10-22(34)27(21)31(49(41,45)46)13-25(43-39)29(37)17-5-1-3-7-19(17)31)16-11-23(35)28(24(36)12-16)32(50(42,47)48)14-26(44-40)30(38)18-6-2-4-8-20(18)32/h1-12,39-40H,13-14,37-38H2,(H2,41,45,46)(H2,42,47,48)/b43-39+,44-40+. The van der Waals surface area contributed by atoms with Crippen molar-refractivity contribution in [2.75, 3.05) is 0 Å². The lowest BCUT2D eigenvalue weighted by molar-refractivity contribution is 0.545. The van der Waals surface area contributed by atoms with Crippen LogP contribution in [0, 0.1) is 11.0 Å². The van der Waals surface area contributed by atoms with Crippen molar-refractivity contribution < 1.29 is 19.7 Å². The Labute approximate surface area is 310 Å². The maximum absolute atomic E-state index is 13.7. The molecule has 18 heteroatoms. The molecule has 0 saturated carbocycles. The Balaban J connectivity index is 1.57. The minimum absolute atomic E-state index is 0.0230. The van der Waals surface area contributed by atoms with Gasteiger partial charge in [0, 0.05) is 55.2 Å². The third kappa shape index (κ3) is 5.16. The fourth-order valence-corrected chi connectivity index (χ4v) is 11.5. The molecule has 0 fully saturated rings. The highest BCUT2D eigenvalue weighted by molar-refractivity contribution is 7.90. The molecule has 0 aromatic heterocycles. The molecule has 0 saturated heterocycles. The fourth-order valence-electron chi connectivity index (χ4n) is 6.97. The molecular weight excluding hydrogens is 766 g/mol. The third-order valence-electron chi connectivity index (χ3n) is 9.20. The van der Waals surface area contributed by atoms with Crippen molar-refractivity contribution >= 4 is 77.8 Å². The minimum Gasteiger partial charge on any atom is -0.397 e. The number of allylic oxidation sites excluding steroid dienone is 2. The number of benzene rings is 4. The van der Waals surface area contributed by atoms with E-state index in [0.29, 0.717) is 11.1 Å². The summed E-state index contributed by atoms with van der Waals surface area (Å²) in [4.78, 5) is 0. The summed E-state index contributed by atoms with van der Waals surface area (Å²) in [6.07, 6.45) is -0.889. The second kappa shape index (κ2) is 12.4. The molecule has 0 heterocycles. The van der Waals surface area contributed by atoms with Crippen LogP contribution in [-0.4, -0.2) is 16.8 Å². The molecule has 0 bridgehead atoms. The third-order valence-corrected chi connectivity index (χ3v) is 13.5. The maximum atomic E-state index is 13.7. The van der Waals surface area contributed by atoms with Gasteiger partial charge in [0.05, 0.1) is 22.8 Å². The number of halogens is 4. The van der Waals surface area contributed by atoms with Gasteiger partial charge < -0.3 is 11.5 Å². The number of nitrogens with two attached hydrogens (primary N) is 4. The predicted octanol–water partition coefficient (Wildman–Crippen LogP) is 7.16. The first-order valence-electron chi connectivity index (χ1n) is 15.2. The Morgan fingerprint density at radius 3 is 1.24 bits per heavy atom. The van der Waals surface area contributed by atoms with E-state index < -0.39 is 42.4 Å². The molecule has 258 valence electrons. The van der Waals surface area contributed by atoms with E-state index in [1.54, 1.807) is 36.4 Å². The van der Waals surface area contributed by atoms with E-state index in [9.17, 15) is 16.8 Å². The summed E-state index contributed by atoms with van der Waals surface area (Å²) in [5, 5.41) is 19.0. The molecule has 4 aromatic rings. The molecule has 10 N–H and O–H groups in total. The summed E-state index contributed by atoms with van der Waals surface area (Å²) in [6, 6.07) is 18.4. The number of rotatable bonds is 7. The smallest absolute Gasteiger partial charge is 0.223 e. The summed E-state index contributed by atoms with van der Waals surface area (Å²) in [6.45, 7) is 0. The van der Waals surface area contributed by atoms with E-state index in [1.165, 1.54) is 36.4 Å². The molecule has 2 unspecified atom stereocenters. The first-order valence-corrected chi connectivity index (χ1v) is 19.0. The van der Waals surface area contributed by atoms with E-state index in [4.69, 9.17) is 71.0 Å². The van der Waals surface area contributed by atoms with Crippen LogP contribution in [0.3, 0.4) is 0 Å². The zero-order chi connectivity index (χ0) is 38.0. The van der Waals surface area contributed by atoms with Crippen molar-refractivity contribution in [3.8, 4) is 11.1 Å². The zero-order valence-corrected chi connectivity index (χ0v) is 30.1. The minimum atomic E-state index is -4.61. The Morgan fingerprint density at radius 1 is 0.620 bits per heavy atom. The Bertz CT molecular complexity index is 2330. The van der Waals surface area contributed by atoms with Crippen LogP contribution in [0.25, 0.3) is 22.5 Å². The van der Waals surface area contributed by atoms with Crippen LogP contribution in [0.2, 0.25) is 22.9 Å². The molecule has 2 aliphatic rings. The fraction of sp³-hybridized carbons (Fsp3) is 0.125. The zero-order valence-electron chi connectivity index (χ0n) is 27.4. The number of sulfonamides is 2. The van der Waals surface area contributed by atoms with Crippen molar-refractivity contribution in [2.45, 2.75) is 22.3 Å². The Morgan fingerprint density at radius 2 is 0.940 bits per heavy atom. The first-order chi connectivity index (χ1) is 24.4. The van der Waals surface area contributed by atoms with Crippen LogP contribution in [0.1, 0.15) is 46.2 Å². The second-order valence-corrected chi connectivity index (χ2v) is 16.9. The van der Waals surface area contributed by atoms with E-state index in [0.717, 1.165) is 0 Å². The van der Waals surface area contributed by atoms with E-state index >= 15 is 0 Å². The average Bonchev–Trinajstić information content (AvgIpc) is 3.07. The highest BCUT2D eigenvalue weighted by Crippen LogP contribution is 2.55.